The van der Waals surface area contributed by atoms with Crippen LogP contribution < -0.4 is 0 Å². The minimum Gasteiger partial charge on any atom is -0.101 e. The highest BCUT2D eigenvalue weighted by Gasteiger charge is 2.70. The van der Waals surface area contributed by atoms with E-state index in [1.165, 1.54) is 0 Å². The lowest BCUT2D eigenvalue weighted by atomic mass is 9.98. The van der Waals surface area contributed by atoms with E-state index in [9.17, 15) is 0 Å². The first-order valence-corrected chi connectivity index (χ1v) is 4.66. The summed E-state index contributed by atoms with van der Waals surface area (Å²) >= 11 is 12.2. The standard InChI is InChI=1S/C8H14Cl2/c1-4-7(5-2)6(3)8(7,9)10/h6H,4-5H2,1-3H3. The van der Waals surface area contributed by atoms with Crippen molar-refractivity contribution in [3.05, 3.63) is 0 Å². The maximum atomic E-state index is 6.08. The van der Waals surface area contributed by atoms with Gasteiger partial charge in [0.2, 0.25) is 0 Å². The fourth-order valence-corrected chi connectivity index (χ4v) is 3.21. The zero-order chi connectivity index (χ0) is 7.99. The van der Waals surface area contributed by atoms with Crippen LogP contribution in [0.1, 0.15) is 33.6 Å². The largest absolute Gasteiger partial charge is 0.127 e. The fraction of sp³-hybridized carbons (Fsp3) is 1.00. The van der Waals surface area contributed by atoms with Crippen LogP contribution in [0.4, 0.5) is 0 Å². The molecule has 0 heterocycles. The maximum Gasteiger partial charge on any atom is 0.127 e. The third-order valence-electron chi connectivity index (χ3n) is 3.22. The summed E-state index contributed by atoms with van der Waals surface area (Å²) in [5, 5.41) is 0. The van der Waals surface area contributed by atoms with Crippen LogP contribution in [0.3, 0.4) is 0 Å². The average molecular weight is 181 g/mol. The van der Waals surface area contributed by atoms with E-state index < -0.39 is 4.33 Å². The van der Waals surface area contributed by atoms with Crippen molar-refractivity contribution in [2.75, 3.05) is 0 Å². The molecule has 0 amide bonds. The summed E-state index contributed by atoms with van der Waals surface area (Å²) in [6, 6.07) is 0. The Morgan fingerprint density at radius 3 is 1.50 bits per heavy atom. The molecule has 0 aromatic carbocycles. The van der Waals surface area contributed by atoms with Crippen LogP contribution in [0.15, 0.2) is 0 Å². The van der Waals surface area contributed by atoms with Crippen LogP contribution in [-0.2, 0) is 0 Å². The Morgan fingerprint density at radius 1 is 1.20 bits per heavy atom. The Kier molecular flexibility index (Phi) is 1.98. The third-order valence-corrected chi connectivity index (χ3v) is 4.62. The van der Waals surface area contributed by atoms with Crippen LogP contribution in [0.2, 0.25) is 0 Å². The summed E-state index contributed by atoms with van der Waals surface area (Å²) in [7, 11) is 0. The minimum atomic E-state index is -0.434. The summed E-state index contributed by atoms with van der Waals surface area (Å²) in [6.45, 7) is 6.45. The van der Waals surface area contributed by atoms with Crippen LogP contribution in [0.5, 0.6) is 0 Å². The number of halogens is 2. The molecule has 0 aromatic heterocycles. The van der Waals surface area contributed by atoms with E-state index in [2.05, 4.69) is 20.8 Å². The van der Waals surface area contributed by atoms with Crippen molar-refractivity contribution >= 4 is 23.2 Å². The van der Waals surface area contributed by atoms with E-state index in [0.717, 1.165) is 12.8 Å². The van der Waals surface area contributed by atoms with E-state index >= 15 is 0 Å². The van der Waals surface area contributed by atoms with Gasteiger partial charge in [0, 0.05) is 5.41 Å². The van der Waals surface area contributed by atoms with Crippen LogP contribution in [-0.4, -0.2) is 4.33 Å². The summed E-state index contributed by atoms with van der Waals surface area (Å²) in [4.78, 5) is 0. The van der Waals surface area contributed by atoms with Crippen LogP contribution in [0, 0.1) is 11.3 Å². The second-order valence-corrected chi connectivity index (χ2v) is 4.59. The Balaban J connectivity index is 2.73. The molecule has 0 aliphatic heterocycles. The lowest BCUT2D eigenvalue weighted by molar-refractivity contribution is 0.429. The molecule has 60 valence electrons. The van der Waals surface area contributed by atoms with Crippen molar-refractivity contribution in [2.24, 2.45) is 11.3 Å². The molecule has 1 unspecified atom stereocenters. The molecule has 1 atom stereocenters. The highest BCUT2D eigenvalue weighted by Crippen LogP contribution is 2.72. The van der Waals surface area contributed by atoms with E-state index in [1.54, 1.807) is 0 Å². The van der Waals surface area contributed by atoms with Gasteiger partial charge >= 0.3 is 0 Å². The molecule has 2 heteroatoms. The molecule has 10 heavy (non-hydrogen) atoms. The smallest absolute Gasteiger partial charge is 0.101 e. The first kappa shape index (κ1) is 8.67. The average Bonchev–Trinajstić information content (AvgIpc) is 2.31. The maximum absolute atomic E-state index is 6.08. The zero-order valence-corrected chi connectivity index (χ0v) is 8.26. The highest BCUT2D eigenvalue weighted by molar-refractivity contribution is 6.51. The zero-order valence-electron chi connectivity index (χ0n) is 6.75. The molecule has 0 nitrogen and oxygen atoms in total. The van der Waals surface area contributed by atoms with Gasteiger partial charge in [0.25, 0.3) is 0 Å². The van der Waals surface area contributed by atoms with Crippen molar-refractivity contribution in [1.29, 1.82) is 0 Å². The van der Waals surface area contributed by atoms with Crippen LogP contribution in [0.25, 0.3) is 0 Å². The molecule has 1 rings (SSSR count). The number of hydrogen-bond acceptors (Lipinski definition) is 0. The van der Waals surface area contributed by atoms with Crippen molar-refractivity contribution < 1.29 is 0 Å². The quantitative estimate of drug-likeness (QED) is 0.570. The third kappa shape index (κ3) is 0.753. The summed E-state index contributed by atoms with van der Waals surface area (Å²) in [5.74, 6) is 0.471. The fourth-order valence-electron chi connectivity index (χ4n) is 2.04. The van der Waals surface area contributed by atoms with Crippen molar-refractivity contribution in [1.82, 2.24) is 0 Å². The monoisotopic (exact) mass is 180 g/mol. The lowest BCUT2D eigenvalue weighted by Gasteiger charge is -2.11. The van der Waals surface area contributed by atoms with Gasteiger partial charge in [-0.05, 0) is 18.8 Å². The van der Waals surface area contributed by atoms with Crippen molar-refractivity contribution in [3.63, 3.8) is 0 Å². The predicted molar refractivity (Wildman–Crippen MR) is 46.6 cm³/mol. The van der Waals surface area contributed by atoms with E-state index in [1.807, 2.05) is 0 Å². The van der Waals surface area contributed by atoms with Crippen LogP contribution >= 0.6 is 23.2 Å². The number of hydrogen-bond donors (Lipinski definition) is 0. The number of alkyl halides is 2. The molecule has 0 aromatic rings. The Labute approximate surface area is 72.9 Å². The minimum absolute atomic E-state index is 0.218. The molecular formula is C8H14Cl2. The van der Waals surface area contributed by atoms with Gasteiger partial charge in [0.1, 0.15) is 4.33 Å². The first-order valence-electron chi connectivity index (χ1n) is 3.90. The van der Waals surface area contributed by atoms with Gasteiger partial charge in [-0.15, -0.1) is 23.2 Å². The van der Waals surface area contributed by atoms with Gasteiger partial charge in [0.15, 0.2) is 0 Å². The molecule has 0 bridgehead atoms. The molecular weight excluding hydrogens is 167 g/mol. The van der Waals surface area contributed by atoms with Gasteiger partial charge in [-0.25, -0.2) is 0 Å². The summed E-state index contributed by atoms with van der Waals surface area (Å²) in [6.07, 6.45) is 2.19. The van der Waals surface area contributed by atoms with E-state index in [0.29, 0.717) is 5.92 Å². The molecule has 0 radical (unpaired) electrons. The van der Waals surface area contributed by atoms with Gasteiger partial charge in [-0.2, -0.15) is 0 Å². The molecule has 1 aliphatic rings. The van der Waals surface area contributed by atoms with Gasteiger partial charge < -0.3 is 0 Å². The topological polar surface area (TPSA) is 0 Å². The molecule has 1 aliphatic carbocycles. The Hall–Kier alpha value is 0.580. The molecule has 0 saturated heterocycles. The summed E-state index contributed by atoms with van der Waals surface area (Å²) < 4.78 is -0.434. The van der Waals surface area contributed by atoms with Gasteiger partial charge in [0.05, 0.1) is 0 Å². The summed E-state index contributed by atoms with van der Waals surface area (Å²) in [5.41, 5.74) is 0.218. The SMILES string of the molecule is CCC1(CC)C(C)C1(Cl)Cl. The Morgan fingerprint density at radius 2 is 1.50 bits per heavy atom. The van der Waals surface area contributed by atoms with Gasteiger partial charge in [-0.3, -0.25) is 0 Å². The Bertz CT molecular complexity index is 136. The van der Waals surface area contributed by atoms with Gasteiger partial charge in [-0.1, -0.05) is 20.8 Å². The van der Waals surface area contributed by atoms with E-state index in [4.69, 9.17) is 23.2 Å². The highest BCUT2D eigenvalue weighted by atomic mass is 35.5. The second kappa shape index (κ2) is 2.28. The first-order chi connectivity index (χ1) is 4.53. The molecule has 1 fully saturated rings. The van der Waals surface area contributed by atoms with E-state index in [-0.39, 0.29) is 5.41 Å². The second-order valence-electron chi connectivity index (χ2n) is 3.21. The van der Waals surface area contributed by atoms with Crippen molar-refractivity contribution in [2.45, 2.75) is 37.9 Å². The normalized spacial score (nSPS) is 33.9. The molecule has 1 saturated carbocycles. The van der Waals surface area contributed by atoms with Crippen molar-refractivity contribution in [3.8, 4) is 0 Å². The molecule has 0 spiro atoms. The predicted octanol–water partition coefficient (Wildman–Crippen LogP) is 3.62. The molecule has 0 N–H and O–H groups in total. The lowest BCUT2D eigenvalue weighted by Crippen LogP contribution is -2.05. The number of rotatable bonds is 2.